The molecule has 0 atom stereocenters. The highest BCUT2D eigenvalue weighted by Crippen LogP contribution is 2.19. The number of nitrogens with zero attached hydrogens (tertiary/aromatic N) is 4. The first kappa shape index (κ1) is 15.6. The summed E-state index contributed by atoms with van der Waals surface area (Å²) in [7, 11) is 0. The Morgan fingerprint density at radius 1 is 1.00 bits per heavy atom. The number of rotatable bonds is 2. The predicted octanol–water partition coefficient (Wildman–Crippen LogP) is 2.62. The van der Waals surface area contributed by atoms with Crippen LogP contribution in [0.5, 0.6) is 0 Å². The fourth-order valence-corrected chi connectivity index (χ4v) is 3.25. The van der Waals surface area contributed by atoms with Gasteiger partial charge in [0.25, 0.3) is 5.91 Å². The molecule has 0 radical (unpaired) electrons. The number of imidazole rings is 1. The van der Waals surface area contributed by atoms with E-state index in [1.165, 1.54) is 0 Å². The van der Waals surface area contributed by atoms with E-state index in [1.807, 2.05) is 48.2 Å². The smallest absolute Gasteiger partial charge is 0.272 e. The number of pyridine rings is 1. The van der Waals surface area contributed by atoms with E-state index in [2.05, 4.69) is 19.9 Å². The van der Waals surface area contributed by atoms with Gasteiger partial charge >= 0.3 is 0 Å². The molecule has 1 saturated heterocycles. The number of benzene rings is 1. The van der Waals surface area contributed by atoms with Crippen LogP contribution in [0.3, 0.4) is 0 Å². The van der Waals surface area contributed by atoms with Gasteiger partial charge in [0.05, 0.1) is 11.0 Å². The minimum Gasteiger partial charge on any atom is -0.341 e. The average molecular weight is 335 g/mol. The monoisotopic (exact) mass is 335 g/mol. The van der Waals surface area contributed by atoms with Crippen molar-refractivity contribution >= 4 is 22.9 Å². The number of carbonyl (C=O) groups is 1. The largest absolute Gasteiger partial charge is 0.341 e. The average Bonchev–Trinajstić information content (AvgIpc) is 2.90. The number of aryl methyl sites for hydroxylation is 1. The molecule has 2 aromatic heterocycles. The van der Waals surface area contributed by atoms with Crippen LogP contribution >= 0.6 is 0 Å². The number of carbonyl (C=O) groups excluding carboxylic acids is 1. The van der Waals surface area contributed by atoms with E-state index < -0.39 is 0 Å². The van der Waals surface area contributed by atoms with E-state index in [1.54, 1.807) is 6.07 Å². The molecule has 3 aromatic rings. The number of hydrogen-bond donors (Lipinski definition) is 1. The summed E-state index contributed by atoms with van der Waals surface area (Å²) >= 11 is 0. The molecule has 1 N–H and O–H groups in total. The highest BCUT2D eigenvalue weighted by atomic mass is 16.2. The Morgan fingerprint density at radius 2 is 1.88 bits per heavy atom. The van der Waals surface area contributed by atoms with Gasteiger partial charge in [-0.25, -0.2) is 9.97 Å². The van der Waals surface area contributed by atoms with Gasteiger partial charge in [-0.1, -0.05) is 18.2 Å². The predicted molar refractivity (Wildman–Crippen MR) is 97.8 cm³/mol. The zero-order valence-corrected chi connectivity index (χ0v) is 14.3. The van der Waals surface area contributed by atoms with Crippen molar-refractivity contribution in [2.24, 2.45) is 0 Å². The van der Waals surface area contributed by atoms with Crippen molar-refractivity contribution < 1.29 is 4.79 Å². The Bertz CT molecular complexity index is 870. The molecule has 0 saturated carbocycles. The van der Waals surface area contributed by atoms with Gasteiger partial charge in [-0.3, -0.25) is 4.79 Å². The van der Waals surface area contributed by atoms with Crippen LogP contribution in [-0.4, -0.2) is 51.9 Å². The minimum atomic E-state index is 0.00940. The van der Waals surface area contributed by atoms with Crippen molar-refractivity contribution in [3.8, 4) is 0 Å². The van der Waals surface area contributed by atoms with Crippen molar-refractivity contribution in [1.82, 2.24) is 19.9 Å². The first-order chi connectivity index (χ1) is 12.2. The maximum absolute atomic E-state index is 12.7. The Balaban J connectivity index is 1.49. The zero-order valence-electron chi connectivity index (χ0n) is 14.3. The lowest BCUT2D eigenvalue weighted by Gasteiger charge is -2.21. The molecular formula is C19H21N5O. The summed E-state index contributed by atoms with van der Waals surface area (Å²) in [4.78, 5) is 29.2. The van der Waals surface area contributed by atoms with Crippen molar-refractivity contribution in [3.63, 3.8) is 0 Å². The van der Waals surface area contributed by atoms with Crippen LogP contribution < -0.4 is 4.90 Å². The maximum Gasteiger partial charge on any atom is 0.272 e. The topological polar surface area (TPSA) is 65.1 Å². The van der Waals surface area contributed by atoms with E-state index in [-0.39, 0.29) is 5.91 Å². The van der Waals surface area contributed by atoms with E-state index in [4.69, 9.17) is 0 Å². The number of amides is 1. The van der Waals surface area contributed by atoms with Crippen LogP contribution in [0.15, 0.2) is 42.5 Å². The number of aromatic amines is 1. The van der Waals surface area contributed by atoms with Crippen LogP contribution in [0.2, 0.25) is 0 Å². The highest BCUT2D eigenvalue weighted by Gasteiger charge is 2.22. The van der Waals surface area contributed by atoms with Gasteiger partial charge in [0, 0.05) is 31.9 Å². The number of aromatic nitrogens is 3. The van der Waals surface area contributed by atoms with Crippen molar-refractivity contribution in [3.05, 3.63) is 53.9 Å². The van der Waals surface area contributed by atoms with Gasteiger partial charge in [0.1, 0.15) is 5.69 Å². The number of anilines is 1. The molecule has 1 fully saturated rings. The fourth-order valence-electron chi connectivity index (χ4n) is 3.25. The number of H-pyrrole nitrogens is 1. The molecule has 6 heteroatoms. The molecule has 1 aromatic carbocycles. The van der Waals surface area contributed by atoms with Gasteiger partial charge in [0.15, 0.2) is 0 Å². The van der Waals surface area contributed by atoms with Crippen LogP contribution in [0, 0.1) is 6.92 Å². The fraction of sp³-hybridized carbons (Fsp3) is 0.316. The van der Waals surface area contributed by atoms with Crippen molar-refractivity contribution in [1.29, 1.82) is 0 Å². The second-order valence-corrected chi connectivity index (χ2v) is 6.37. The molecule has 4 rings (SSSR count). The van der Waals surface area contributed by atoms with Crippen molar-refractivity contribution in [2.75, 3.05) is 31.1 Å². The molecule has 1 aliphatic heterocycles. The lowest BCUT2D eigenvalue weighted by Crippen LogP contribution is -2.35. The van der Waals surface area contributed by atoms with Gasteiger partial charge in [-0.2, -0.15) is 0 Å². The van der Waals surface area contributed by atoms with E-state index in [9.17, 15) is 4.79 Å². The summed E-state index contributed by atoms with van der Waals surface area (Å²) in [6, 6.07) is 13.6. The van der Waals surface area contributed by atoms with Crippen LogP contribution in [0.25, 0.3) is 11.0 Å². The first-order valence-corrected chi connectivity index (χ1v) is 8.63. The number of para-hydroxylation sites is 2. The Labute approximate surface area is 146 Å². The summed E-state index contributed by atoms with van der Waals surface area (Å²) in [5.74, 6) is 0.888. The van der Waals surface area contributed by atoms with Gasteiger partial charge < -0.3 is 14.8 Å². The van der Waals surface area contributed by atoms with Crippen LogP contribution in [-0.2, 0) is 0 Å². The molecule has 3 heterocycles. The van der Waals surface area contributed by atoms with Gasteiger partial charge in [-0.05, 0) is 37.6 Å². The molecule has 6 nitrogen and oxygen atoms in total. The standard InChI is InChI=1S/C19H21N5O/c1-14-6-4-9-17(20-14)18(25)23-10-5-11-24(13-12-23)19-21-15-7-2-3-8-16(15)22-19/h2-4,6-9H,5,10-13H2,1H3,(H,21,22). The molecular weight excluding hydrogens is 314 g/mol. The molecule has 25 heavy (non-hydrogen) atoms. The lowest BCUT2D eigenvalue weighted by molar-refractivity contribution is 0.0761. The van der Waals surface area contributed by atoms with E-state index >= 15 is 0 Å². The second kappa shape index (κ2) is 6.55. The molecule has 0 aliphatic carbocycles. The summed E-state index contributed by atoms with van der Waals surface area (Å²) in [6.45, 7) is 4.96. The Hall–Kier alpha value is -2.89. The molecule has 1 aliphatic rings. The lowest BCUT2D eigenvalue weighted by atomic mass is 10.2. The van der Waals surface area contributed by atoms with Crippen LogP contribution in [0.1, 0.15) is 22.6 Å². The molecule has 0 spiro atoms. The normalized spacial score (nSPS) is 15.4. The molecule has 0 unspecified atom stereocenters. The highest BCUT2D eigenvalue weighted by molar-refractivity contribution is 5.92. The molecule has 0 bridgehead atoms. The second-order valence-electron chi connectivity index (χ2n) is 6.37. The third kappa shape index (κ3) is 3.20. The minimum absolute atomic E-state index is 0.00940. The molecule has 128 valence electrons. The van der Waals surface area contributed by atoms with Crippen molar-refractivity contribution in [2.45, 2.75) is 13.3 Å². The number of hydrogen-bond acceptors (Lipinski definition) is 4. The summed E-state index contributed by atoms with van der Waals surface area (Å²) < 4.78 is 0. The number of fused-ring (bicyclic) bond motifs is 1. The maximum atomic E-state index is 12.7. The van der Waals surface area contributed by atoms with Gasteiger partial charge in [0.2, 0.25) is 5.95 Å². The molecule has 1 amide bonds. The Morgan fingerprint density at radius 3 is 2.72 bits per heavy atom. The summed E-state index contributed by atoms with van der Waals surface area (Å²) in [5.41, 5.74) is 3.40. The quantitative estimate of drug-likeness (QED) is 0.782. The zero-order chi connectivity index (χ0) is 17.2. The SMILES string of the molecule is Cc1cccc(C(=O)N2CCCN(c3nc4ccccc4[nH]3)CC2)n1. The third-order valence-electron chi connectivity index (χ3n) is 4.57. The van der Waals surface area contributed by atoms with Gasteiger partial charge in [-0.15, -0.1) is 0 Å². The summed E-state index contributed by atoms with van der Waals surface area (Å²) in [5, 5.41) is 0. The van der Waals surface area contributed by atoms with E-state index in [0.29, 0.717) is 12.2 Å². The first-order valence-electron chi connectivity index (χ1n) is 8.63. The van der Waals surface area contributed by atoms with E-state index in [0.717, 1.165) is 48.7 Å². The number of nitrogens with one attached hydrogen (secondary N) is 1. The Kier molecular flexibility index (Phi) is 4.09. The third-order valence-corrected chi connectivity index (χ3v) is 4.57. The summed E-state index contributed by atoms with van der Waals surface area (Å²) in [6.07, 6.45) is 0.911. The van der Waals surface area contributed by atoms with Crippen LogP contribution in [0.4, 0.5) is 5.95 Å².